The predicted octanol–water partition coefficient (Wildman–Crippen LogP) is 1.08. The van der Waals surface area contributed by atoms with Gasteiger partial charge in [-0.05, 0) is 43.2 Å². The zero-order valence-corrected chi connectivity index (χ0v) is 18.8. The van der Waals surface area contributed by atoms with E-state index in [1.165, 1.54) is 4.90 Å². The van der Waals surface area contributed by atoms with E-state index in [9.17, 15) is 9.59 Å². The number of quaternary nitrogens is 1. The van der Waals surface area contributed by atoms with Crippen molar-refractivity contribution < 1.29 is 19.2 Å². The van der Waals surface area contributed by atoms with Crippen LogP contribution in [0.25, 0.3) is 0 Å². The topological polar surface area (TPSA) is 75.1 Å². The normalized spacial score (nSPS) is 15.2. The summed E-state index contributed by atoms with van der Waals surface area (Å²) in [5, 5.41) is 5.58. The molecule has 3 rings (SSSR count). The maximum Gasteiger partial charge on any atom is 0.313 e. The summed E-state index contributed by atoms with van der Waals surface area (Å²) in [4.78, 5) is 28.4. The van der Waals surface area contributed by atoms with Gasteiger partial charge < -0.3 is 25.2 Å². The number of carbonyl (C=O) groups is 2. The third-order valence-electron chi connectivity index (χ3n) is 5.97. The molecule has 0 aromatic heterocycles. The highest BCUT2D eigenvalue weighted by molar-refractivity contribution is 6.39. The minimum Gasteiger partial charge on any atom is -0.378 e. The summed E-state index contributed by atoms with van der Waals surface area (Å²) < 4.78 is 5.51. The first-order chi connectivity index (χ1) is 14.9. The summed E-state index contributed by atoms with van der Waals surface area (Å²) in [5.41, 5.74) is 4.94. The molecule has 2 amide bonds. The van der Waals surface area contributed by atoms with E-state index in [4.69, 9.17) is 4.74 Å². The van der Waals surface area contributed by atoms with E-state index in [1.807, 2.05) is 40.1 Å². The molecule has 166 valence electrons. The number of rotatable bonds is 6. The van der Waals surface area contributed by atoms with E-state index in [-0.39, 0.29) is 6.04 Å². The number of hydrogen-bond acceptors (Lipinski definition) is 4. The molecular formula is C24H33N4O3+. The second-order valence-corrected chi connectivity index (χ2v) is 8.22. The Morgan fingerprint density at radius 3 is 2.35 bits per heavy atom. The van der Waals surface area contributed by atoms with Crippen molar-refractivity contribution in [2.24, 2.45) is 0 Å². The molecule has 2 aromatic rings. The third-order valence-corrected chi connectivity index (χ3v) is 5.97. The lowest BCUT2D eigenvalue weighted by Gasteiger charge is -2.32. The van der Waals surface area contributed by atoms with Crippen molar-refractivity contribution in [1.29, 1.82) is 0 Å². The fraction of sp³-hybridized carbons (Fsp3) is 0.417. The summed E-state index contributed by atoms with van der Waals surface area (Å²) >= 11 is 0. The Kier molecular flexibility index (Phi) is 7.65. The smallest absolute Gasteiger partial charge is 0.313 e. The van der Waals surface area contributed by atoms with Gasteiger partial charge in [-0.2, -0.15) is 0 Å². The van der Waals surface area contributed by atoms with Gasteiger partial charge in [-0.15, -0.1) is 0 Å². The van der Waals surface area contributed by atoms with Crippen LogP contribution in [0.1, 0.15) is 22.7 Å². The third kappa shape index (κ3) is 5.83. The predicted molar refractivity (Wildman–Crippen MR) is 123 cm³/mol. The largest absolute Gasteiger partial charge is 0.378 e. The van der Waals surface area contributed by atoms with Crippen LogP contribution < -0.4 is 20.4 Å². The lowest BCUT2D eigenvalue weighted by Crippen LogP contribution is -3.15. The maximum absolute atomic E-state index is 12.5. The Bertz CT molecular complexity index is 906. The quantitative estimate of drug-likeness (QED) is 0.606. The monoisotopic (exact) mass is 425 g/mol. The average Bonchev–Trinajstić information content (AvgIpc) is 2.78. The first-order valence-corrected chi connectivity index (χ1v) is 10.7. The molecular weight excluding hydrogens is 392 g/mol. The van der Waals surface area contributed by atoms with Crippen LogP contribution in [0.2, 0.25) is 0 Å². The van der Waals surface area contributed by atoms with Gasteiger partial charge in [0.25, 0.3) is 0 Å². The van der Waals surface area contributed by atoms with E-state index in [0.29, 0.717) is 25.4 Å². The Morgan fingerprint density at radius 2 is 1.71 bits per heavy atom. The van der Waals surface area contributed by atoms with Crippen molar-refractivity contribution >= 4 is 23.2 Å². The van der Waals surface area contributed by atoms with Gasteiger partial charge in [0.05, 0.1) is 19.8 Å². The molecule has 2 aromatic carbocycles. The van der Waals surface area contributed by atoms with Gasteiger partial charge in [0.2, 0.25) is 0 Å². The fourth-order valence-electron chi connectivity index (χ4n) is 3.83. The molecule has 1 saturated heterocycles. The van der Waals surface area contributed by atoms with Crippen LogP contribution in [-0.4, -0.2) is 58.8 Å². The number of anilines is 2. The van der Waals surface area contributed by atoms with Gasteiger partial charge in [0.1, 0.15) is 19.1 Å². The number of ether oxygens (including phenoxy) is 1. The fourth-order valence-corrected chi connectivity index (χ4v) is 3.83. The lowest BCUT2D eigenvalue weighted by molar-refractivity contribution is -0.937. The summed E-state index contributed by atoms with van der Waals surface area (Å²) in [6, 6.07) is 14.1. The Labute approximate surface area is 184 Å². The second-order valence-electron chi connectivity index (χ2n) is 8.22. The highest BCUT2D eigenvalue weighted by atomic mass is 16.5. The summed E-state index contributed by atoms with van der Waals surface area (Å²) in [6.07, 6.45) is 0. The number of amides is 2. The zero-order valence-electron chi connectivity index (χ0n) is 18.8. The van der Waals surface area contributed by atoms with Gasteiger partial charge in [-0.3, -0.25) is 9.59 Å². The Hall–Kier alpha value is -2.90. The first-order valence-electron chi connectivity index (χ1n) is 10.7. The molecule has 7 heteroatoms. The van der Waals surface area contributed by atoms with Crippen molar-refractivity contribution in [2.45, 2.75) is 19.9 Å². The van der Waals surface area contributed by atoms with Crippen molar-refractivity contribution in [2.75, 3.05) is 57.2 Å². The molecule has 1 atom stereocenters. The molecule has 1 heterocycles. The number of nitrogens with zero attached hydrogens (tertiary/aromatic N) is 1. The lowest BCUT2D eigenvalue weighted by atomic mass is 10.0. The molecule has 7 nitrogen and oxygen atoms in total. The van der Waals surface area contributed by atoms with Gasteiger partial charge in [-0.1, -0.05) is 24.3 Å². The van der Waals surface area contributed by atoms with Crippen LogP contribution in [0.5, 0.6) is 0 Å². The van der Waals surface area contributed by atoms with Crippen LogP contribution >= 0.6 is 0 Å². The molecule has 0 aliphatic carbocycles. The summed E-state index contributed by atoms with van der Waals surface area (Å²) in [6.45, 7) is 7.41. The summed E-state index contributed by atoms with van der Waals surface area (Å²) in [5.74, 6) is -1.27. The minimum atomic E-state index is -0.646. The molecule has 1 aliphatic heterocycles. The van der Waals surface area contributed by atoms with E-state index in [1.54, 1.807) is 6.07 Å². The standard InChI is InChI=1S/C24H32N4O3/c1-17-6-5-7-21(18(17)2)26-24(30)23(29)25-16-22(28-12-14-31-15-13-28)19-8-10-20(11-9-19)27(3)4/h5-11,22H,12-16H2,1-4H3,(H,25,29)(H,26,30)/p+1/t22-/m0/s1. The number of carbonyl (C=O) groups excluding carboxylic acids is 2. The number of morpholine rings is 1. The molecule has 1 fully saturated rings. The number of hydrogen-bond donors (Lipinski definition) is 3. The SMILES string of the molecule is Cc1cccc(NC(=O)C(=O)NC[C@@H](c2ccc(N(C)C)cc2)[NH+]2CCOCC2)c1C. The van der Waals surface area contributed by atoms with Gasteiger partial charge >= 0.3 is 11.8 Å². The molecule has 1 aliphatic rings. The maximum atomic E-state index is 12.5. The molecule has 31 heavy (non-hydrogen) atoms. The van der Waals surface area contributed by atoms with E-state index in [0.717, 1.165) is 35.5 Å². The number of aryl methyl sites for hydroxylation is 1. The molecule has 0 saturated carbocycles. The Morgan fingerprint density at radius 1 is 1.03 bits per heavy atom. The van der Waals surface area contributed by atoms with E-state index < -0.39 is 11.8 Å². The van der Waals surface area contributed by atoms with E-state index in [2.05, 4.69) is 39.8 Å². The zero-order chi connectivity index (χ0) is 22.4. The van der Waals surface area contributed by atoms with Crippen LogP contribution in [0.3, 0.4) is 0 Å². The van der Waals surface area contributed by atoms with Crippen LogP contribution in [0.4, 0.5) is 11.4 Å². The van der Waals surface area contributed by atoms with Crippen molar-refractivity contribution in [3.8, 4) is 0 Å². The van der Waals surface area contributed by atoms with Crippen LogP contribution in [0.15, 0.2) is 42.5 Å². The minimum absolute atomic E-state index is 0.0533. The molecule has 0 bridgehead atoms. The number of nitrogens with one attached hydrogen (secondary N) is 3. The summed E-state index contributed by atoms with van der Waals surface area (Å²) in [7, 11) is 4.02. The molecule has 0 radical (unpaired) electrons. The van der Waals surface area contributed by atoms with E-state index >= 15 is 0 Å². The van der Waals surface area contributed by atoms with Crippen molar-refractivity contribution in [3.05, 3.63) is 59.2 Å². The molecule has 3 N–H and O–H groups in total. The molecule has 0 spiro atoms. The molecule has 0 unspecified atom stereocenters. The second kappa shape index (κ2) is 10.4. The van der Waals surface area contributed by atoms with Crippen LogP contribution in [-0.2, 0) is 14.3 Å². The first kappa shape index (κ1) is 22.8. The van der Waals surface area contributed by atoms with Gasteiger partial charge in [-0.25, -0.2) is 0 Å². The van der Waals surface area contributed by atoms with Crippen LogP contribution in [0, 0.1) is 13.8 Å². The Balaban J connectivity index is 1.68. The van der Waals surface area contributed by atoms with Crippen molar-refractivity contribution in [1.82, 2.24) is 5.32 Å². The highest BCUT2D eigenvalue weighted by Crippen LogP contribution is 2.18. The average molecular weight is 426 g/mol. The van der Waals surface area contributed by atoms with Gasteiger partial charge in [0, 0.05) is 31.0 Å². The van der Waals surface area contributed by atoms with Gasteiger partial charge in [0.15, 0.2) is 0 Å². The highest BCUT2D eigenvalue weighted by Gasteiger charge is 2.28. The number of benzene rings is 2. The van der Waals surface area contributed by atoms with Crippen molar-refractivity contribution in [3.63, 3.8) is 0 Å².